The zero-order valence-electron chi connectivity index (χ0n) is 16.9. The van der Waals surface area contributed by atoms with Crippen LogP contribution in [0.25, 0.3) is 6.08 Å². The van der Waals surface area contributed by atoms with Crippen LogP contribution in [0, 0.1) is 6.92 Å². The van der Waals surface area contributed by atoms with Gasteiger partial charge in [0.2, 0.25) is 11.8 Å². The van der Waals surface area contributed by atoms with Gasteiger partial charge in [-0.25, -0.2) is 0 Å². The van der Waals surface area contributed by atoms with E-state index in [1.807, 2.05) is 55.5 Å². The van der Waals surface area contributed by atoms with Gasteiger partial charge in [0.1, 0.15) is 0 Å². The first-order valence-corrected chi connectivity index (χ1v) is 9.74. The van der Waals surface area contributed by atoms with Gasteiger partial charge < -0.3 is 19.9 Å². The number of hydrogen-bond acceptors (Lipinski definition) is 4. The highest BCUT2D eigenvalue weighted by Crippen LogP contribution is 2.19. The molecule has 2 aromatic carbocycles. The van der Waals surface area contributed by atoms with Crippen molar-refractivity contribution in [1.29, 1.82) is 0 Å². The van der Waals surface area contributed by atoms with Crippen molar-refractivity contribution >= 4 is 29.3 Å². The van der Waals surface area contributed by atoms with E-state index >= 15 is 0 Å². The van der Waals surface area contributed by atoms with Crippen LogP contribution in [-0.2, 0) is 14.3 Å². The number of anilines is 2. The van der Waals surface area contributed by atoms with Crippen LogP contribution in [0.1, 0.15) is 11.1 Å². The Morgan fingerprint density at radius 1 is 1.10 bits per heavy atom. The van der Waals surface area contributed by atoms with Crippen molar-refractivity contribution in [2.24, 2.45) is 0 Å². The molecule has 6 heteroatoms. The molecule has 1 heterocycles. The Morgan fingerprint density at radius 3 is 2.48 bits per heavy atom. The molecule has 1 fully saturated rings. The predicted octanol–water partition coefficient (Wildman–Crippen LogP) is 2.94. The summed E-state index contributed by atoms with van der Waals surface area (Å²) in [7, 11) is 1.62. The van der Waals surface area contributed by atoms with E-state index in [4.69, 9.17) is 4.74 Å². The van der Waals surface area contributed by atoms with Gasteiger partial charge in [0.15, 0.2) is 0 Å². The molecule has 0 unspecified atom stereocenters. The first-order chi connectivity index (χ1) is 14.0. The van der Waals surface area contributed by atoms with Crippen molar-refractivity contribution < 1.29 is 14.3 Å². The Morgan fingerprint density at radius 2 is 1.79 bits per heavy atom. The maximum absolute atomic E-state index is 12.3. The molecule has 1 aliphatic heterocycles. The Balaban J connectivity index is 1.50. The zero-order valence-corrected chi connectivity index (χ0v) is 16.9. The van der Waals surface area contributed by atoms with Crippen LogP contribution < -0.4 is 10.2 Å². The van der Waals surface area contributed by atoms with Gasteiger partial charge in [-0.15, -0.1) is 0 Å². The van der Waals surface area contributed by atoms with Crippen LogP contribution in [0.3, 0.4) is 0 Å². The van der Waals surface area contributed by atoms with Crippen molar-refractivity contribution in [1.82, 2.24) is 4.90 Å². The molecule has 0 aliphatic carbocycles. The monoisotopic (exact) mass is 393 g/mol. The Hall–Kier alpha value is -3.12. The summed E-state index contributed by atoms with van der Waals surface area (Å²) < 4.78 is 5.37. The van der Waals surface area contributed by atoms with Crippen molar-refractivity contribution in [3.8, 4) is 0 Å². The van der Waals surface area contributed by atoms with Crippen LogP contribution in [-0.4, -0.2) is 56.6 Å². The van der Waals surface area contributed by atoms with E-state index in [0.29, 0.717) is 5.69 Å². The summed E-state index contributed by atoms with van der Waals surface area (Å²) in [5, 5.41) is 2.84. The fourth-order valence-corrected chi connectivity index (χ4v) is 3.13. The number of amides is 2. The van der Waals surface area contributed by atoms with Crippen molar-refractivity contribution in [2.45, 2.75) is 6.92 Å². The summed E-state index contributed by atoms with van der Waals surface area (Å²) >= 11 is 0. The minimum absolute atomic E-state index is 0.0117. The first-order valence-electron chi connectivity index (χ1n) is 9.74. The molecule has 0 aromatic heterocycles. The summed E-state index contributed by atoms with van der Waals surface area (Å²) in [5.41, 5.74) is 3.90. The topological polar surface area (TPSA) is 61.9 Å². The summed E-state index contributed by atoms with van der Waals surface area (Å²) in [5.74, 6) is -0.449. The highest BCUT2D eigenvalue weighted by molar-refractivity contribution is 5.98. The summed E-state index contributed by atoms with van der Waals surface area (Å²) in [6.45, 7) is 5.19. The lowest BCUT2D eigenvalue weighted by Crippen LogP contribution is -2.36. The lowest BCUT2D eigenvalue weighted by Gasteiger charge is -2.28. The molecule has 0 bridgehead atoms. The van der Waals surface area contributed by atoms with Gasteiger partial charge in [0, 0.05) is 37.6 Å². The Bertz CT molecular complexity index is 871. The normalized spacial score (nSPS) is 14.1. The number of likely N-dealkylation sites (N-methyl/N-ethyl adjacent to an activating group) is 1. The fourth-order valence-electron chi connectivity index (χ4n) is 3.13. The number of aryl methyl sites for hydroxylation is 1. The number of carbonyl (C=O) groups excluding carboxylic acids is 2. The van der Waals surface area contributed by atoms with E-state index in [2.05, 4.69) is 10.2 Å². The molecular formula is C23H27N3O3. The van der Waals surface area contributed by atoms with E-state index in [1.54, 1.807) is 13.1 Å². The predicted molar refractivity (Wildman–Crippen MR) is 116 cm³/mol. The number of ether oxygens (including phenoxy) is 1. The Kier molecular flexibility index (Phi) is 7.03. The molecular weight excluding hydrogens is 366 g/mol. The average molecular weight is 393 g/mol. The SMILES string of the molecule is Cc1ccccc1/C=C/C(=O)N(C)CC(=O)Nc1ccc(N2CCOCC2)cc1. The lowest BCUT2D eigenvalue weighted by atomic mass is 10.1. The molecule has 29 heavy (non-hydrogen) atoms. The molecule has 0 spiro atoms. The van der Waals surface area contributed by atoms with Crippen LogP contribution in [0.4, 0.5) is 11.4 Å². The largest absolute Gasteiger partial charge is 0.378 e. The number of rotatable bonds is 6. The fraction of sp³-hybridized carbons (Fsp3) is 0.304. The average Bonchev–Trinajstić information content (AvgIpc) is 2.74. The quantitative estimate of drug-likeness (QED) is 0.767. The van der Waals surface area contributed by atoms with E-state index in [1.165, 1.54) is 11.0 Å². The second kappa shape index (κ2) is 9.89. The van der Waals surface area contributed by atoms with Crippen LogP contribution in [0.5, 0.6) is 0 Å². The minimum Gasteiger partial charge on any atom is -0.378 e. The van der Waals surface area contributed by atoms with E-state index in [9.17, 15) is 9.59 Å². The number of nitrogens with zero attached hydrogens (tertiary/aromatic N) is 2. The van der Waals surface area contributed by atoms with Gasteiger partial charge in [-0.2, -0.15) is 0 Å². The summed E-state index contributed by atoms with van der Waals surface area (Å²) in [4.78, 5) is 28.2. The van der Waals surface area contributed by atoms with Gasteiger partial charge in [-0.1, -0.05) is 24.3 Å². The highest BCUT2D eigenvalue weighted by Gasteiger charge is 2.13. The minimum atomic E-state index is -0.232. The molecule has 1 N–H and O–H groups in total. The number of benzene rings is 2. The Labute approximate surface area is 171 Å². The maximum atomic E-state index is 12.3. The standard InChI is InChI=1S/C23H27N3O3/c1-18-5-3-4-6-19(18)7-12-23(28)25(2)17-22(27)24-20-8-10-21(11-9-20)26-13-15-29-16-14-26/h3-12H,13-17H2,1-2H3,(H,24,27)/b12-7+. The number of nitrogens with one attached hydrogen (secondary N) is 1. The van der Waals surface area contributed by atoms with E-state index in [0.717, 1.165) is 43.1 Å². The van der Waals surface area contributed by atoms with Crippen molar-refractivity contribution in [3.05, 3.63) is 65.7 Å². The zero-order chi connectivity index (χ0) is 20.6. The molecule has 2 amide bonds. The van der Waals surface area contributed by atoms with Gasteiger partial charge in [0.25, 0.3) is 0 Å². The second-order valence-electron chi connectivity index (χ2n) is 7.08. The van der Waals surface area contributed by atoms with Gasteiger partial charge in [-0.3, -0.25) is 9.59 Å². The maximum Gasteiger partial charge on any atom is 0.246 e. The third-order valence-corrected chi connectivity index (χ3v) is 4.88. The molecule has 0 radical (unpaired) electrons. The lowest BCUT2D eigenvalue weighted by molar-refractivity contribution is -0.129. The van der Waals surface area contributed by atoms with Crippen molar-refractivity contribution in [2.75, 3.05) is 50.1 Å². The molecule has 6 nitrogen and oxygen atoms in total. The number of hydrogen-bond donors (Lipinski definition) is 1. The van der Waals surface area contributed by atoms with Crippen LogP contribution in [0.15, 0.2) is 54.6 Å². The smallest absolute Gasteiger partial charge is 0.246 e. The van der Waals surface area contributed by atoms with Crippen molar-refractivity contribution in [3.63, 3.8) is 0 Å². The third kappa shape index (κ3) is 5.93. The molecule has 152 valence electrons. The van der Waals surface area contributed by atoms with E-state index in [-0.39, 0.29) is 18.4 Å². The second-order valence-corrected chi connectivity index (χ2v) is 7.08. The summed E-state index contributed by atoms with van der Waals surface area (Å²) in [6, 6.07) is 15.6. The van der Waals surface area contributed by atoms with Crippen LogP contribution >= 0.6 is 0 Å². The van der Waals surface area contributed by atoms with Gasteiger partial charge in [0.05, 0.1) is 19.8 Å². The molecule has 2 aromatic rings. The number of morpholine rings is 1. The van der Waals surface area contributed by atoms with Gasteiger partial charge >= 0.3 is 0 Å². The molecule has 0 saturated carbocycles. The number of carbonyl (C=O) groups is 2. The van der Waals surface area contributed by atoms with Gasteiger partial charge in [-0.05, 0) is 48.4 Å². The van der Waals surface area contributed by atoms with E-state index < -0.39 is 0 Å². The first kappa shape index (κ1) is 20.6. The highest BCUT2D eigenvalue weighted by atomic mass is 16.5. The molecule has 1 saturated heterocycles. The third-order valence-electron chi connectivity index (χ3n) is 4.88. The molecule has 3 rings (SSSR count). The molecule has 0 atom stereocenters. The molecule has 1 aliphatic rings. The van der Waals surface area contributed by atoms with Crippen LogP contribution in [0.2, 0.25) is 0 Å². The summed E-state index contributed by atoms with van der Waals surface area (Å²) in [6.07, 6.45) is 3.27.